The van der Waals surface area contributed by atoms with Crippen LogP contribution < -0.4 is 10.9 Å². The number of hydrogen-bond acceptors (Lipinski definition) is 3. The van der Waals surface area contributed by atoms with E-state index in [2.05, 4.69) is 10.3 Å². The number of methoxy groups -OCH3 is 1. The number of aromatic nitrogens is 1. The van der Waals surface area contributed by atoms with Crippen molar-refractivity contribution in [3.8, 4) is 0 Å². The van der Waals surface area contributed by atoms with Crippen molar-refractivity contribution in [1.29, 1.82) is 0 Å². The molecule has 0 saturated heterocycles. The third kappa shape index (κ3) is 2.49. The average molecular weight is 272 g/mol. The fraction of sp³-hybridized carbons (Fsp3) is 0.438. The van der Waals surface area contributed by atoms with E-state index >= 15 is 0 Å². The molecule has 106 valence electrons. The van der Waals surface area contributed by atoms with Crippen LogP contribution in [0.5, 0.6) is 0 Å². The Morgan fingerprint density at radius 2 is 2.15 bits per heavy atom. The minimum absolute atomic E-state index is 0.0103. The maximum absolute atomic E-state index is 12.0. The number of aromatic amines is 1. The molecule has 0 bridgehead atoms. The molecule has 0 unspecified atom stereocenters. The summed E-state index contributed by atoms with van der Waals surface area (Å²) in [7, 11) is 1.77. The van der Waals surface area contributed by atoms with Crippen LogP contribution in [0.2, 0.25) is 0 Å². The van der Waals surface area contributed by atoms with Crippen LogP contribution >= 0.6 is 0 Å². The van der Waals surface area contributed by atoms with Gasteiger partial charge in [-0.15, -0.1) is 0 Å². The van der Waals surface area contributed by atoms with Crippen molar-refractivity contribution in [2.45, 2.75) is 31.4 Å². The largest absolute Gasteiger partial charge is 0.377 e. The van der Waals surface area contributed by atoms with Gasteiger partial charge in [0.05, 0.1) is 5.60 Å². The molecule has 1 saturated carbocycles. The number of nitrogens with one attached hydrogen (secondary N) is 2. The van der Waals surface area contributed by atoms with Crippen LogP contribution in [0, 0.1) is 0 Å². The molecule has 4 heteroatoms. The van der Waals surface area contributed by atoms with Gasteiger partial charge in [0.25, 0.3) is 5.56 Å². The molecule has 0 aliphatic heterocycles. The minimum atomic E-state index is -0.0173. The third-order valence-electron chi connectivity index (χ3n) is 4.29. The molecule has 1 fully saturated rings. The summed E-state index contributed by atoms with van der Waals surface area (Å²) in [4.78, 5) is 14.9. The summed E-state index contributed by atoms with van der Waals surface area (Å²) in [5, 5.41) is 4.42. The molecular formula is C16H20N2O2. The molecule has 1 aromatic carbocycles. The second-order valence-corrected chi connectivity index (χ2v) is 5.56. The van der Waals surface area contributed by atoms with Gasteiger partial charge in [0, 0.05) is 31.3 Å². The van der Waals surface area contributed by atoms with E-state index in [0.717, 1.165) is 35.9 Å². The zero-order valence-corrected chi connectivity index (χ0v) is 11.7. The lowest BCUT2D eigenvalue weighted by atomic mass is 9.80. The van der Waals surface area contributed by atoms with Gasteiger partial charge in [-0.1, -0.05) is 18.2 Å². The normalized spacial score (nSPS) is 17.1. The molecule has 1 aromatic heterocycles. The van der Waals surface area contributed by atoms with Gasteiger partial charge in [-0.05, 0) is 36.8 Å². The predicted molar refractivity (Wildman–Crippen MR) is 79.9 cm³/mol. The molecule has 0 atom stereocenters. The molecule has 0 radical (unpaired) electrons. The SMILES string of the molecule is COC1(CNCc2cc3ccccc3[nH]c2=O)CCC1. The predicted octanol–water partition coefficient (Wildman–Crippen LogP) is 2.19. The van der Waals surface area contributed by atoms with Gasteiger partial charge >= 0.3 is 0 Å². The first kappa shape index (κ1) is 13.3. The van der Waals surface area contributed by atoms with Crippen LogP contribution in [-0.2, 0) is 11.3 Å². The van der Waals surface area contributed by atoms with Crippen LogP contribution in [0.4, 0.5) is 0 Å². The van der Waals surface area contributed by atoms with Crippen LogP contribution in [0.1, 0.15) is 24.8 Å². The van der Waals surface area contributed by atoms with Crippen molar-refractivity contribution >= 4 is 10.9 Å². The summed E-state index contributed by atoms with van der Waals surface area (Å²) in [5.41, 5.74) is 1.63. The molecule has 1 aliphatic carbocycles. The Morgan fingerprint density at radius 1 is 1.35 bits per heavy atom. The van der Waals surface area contributed by atoms with Gasteiger partial charge in [-0.3, -0.25) is 4.79 Å². The van der Waals surface area contributed by atoms with Crippen molar-refractivity contribution in [3.05, 3.63) is 46.2 Å². The lowest BCUT2D eigenvalue weighted by Crippen LogP contribution is -2.48. The van der Waals surface area contributed by atoms with Crippen molar-refractivity contribution < 1.29 is 4.74 Å². The lowest BCUT2D eigenvalue weighted by Gasteiger charge is -2.40. The van der Waals surface area contributed by atoms with E-state index in [1.165, 1.54) is 6.42 Å². The molecule has 2 N–H and O–H groups in total. The molecule has 0 amide bonds. The summed E-state index contributed by atoms with van der Waals surface area (Å²) in [6.07, 6.45) is 3.43. The van der Waals surface area contributed by atoms with Gasteiger partial charge < -0.3 is 15.0 Å². The van der Waals surface area contributed by atoms with E-state index < -0.39 is 0 Å². The molecule has 0 spiro atoms. The van der Waals surface area contributed by atoms with Crippen LogP contribution in [0.3, 0.4) is 0 Å². The van der Waals surface area contributed by atoms with Gasteiger partial charge in [0.2, 0.25) is 0 Å². The summed E-state index contributed by atoms with van der Waals surface area (Å²) < 4.78 is 5.56. The maximum Gasteiger partial charge on any atom is 0.252 e. The number of pyridine rings is 1. The highest BCUT2D eigenvalue weighted by Gasteiger charge is 2.36. The molecule has 1 aliphatic rings. The van der Waals surface area contributed by atoms with E-state index in [9.17, 15) is 4.79 Å². The number of rotatable bonds is 5. The first-order valence-corrected chi connectivity index (χ1v) is 7.09. The van der Waals surface area contributed by atoms with Crippen molar-refractivity contribution in [1.82, 2.24) is 10.3 Å². The lowest BCUT2D eigenvalue weighted by molar-refractivity contribution is -0.0695. The summed E-state index contributed by atoms with van der Waals surface area (Å²) >= 11 is 0. The first-order chi connectivity index (χ1) is 9.72. The van der Waals surface area contributed by atoms with Crippen LogP contribution in [-0.4, -0.2) is 24.2 Å². The summed E-state index contributed by atoms with van der Waals surface area (Å²) in [6.45, 7) is 1.38. The zero-order valence-electron chi connectivity index (χ0n) is 11.7. The maximum atomic E-state index is 12.0. The van der Waals surface area contributed by atoms with E-state index in [4.69, 9.17) is 4.74 Å². The highest BCUT2D eigenvalue weighted by atomic mass is 16.5. The number of benzene rings is 1. The van der Waals surface area contributed by atoms with Crippen LogP contribution in [0.25, 0.3) is 10.9 Å². The molecule has 4 nitrogen and oxygen atoms in total. The van der Waals surface area contributed by atoms with Crippen molar-refractivity contribution in [3.63, 3.8) is 0 Å². The quantitative estimate of drug-likeness (QED) is 0.877. The monoisotopic (exact) mass is 272 g/mol. The van der Waals surface area contributed by atoms with Gasteiger partial charge in [0.15, 0.2) is 0 Å². The fourth-order valence-electron chi connectivity index (χ4n) is 2.77. The first-order valence-electron chi connectivity index (χ1n) is 7.09. The number of hydrogen-bond donors (Lipinski definition) is 2. The van der Waals surface area contributed by atoms with Crippen LogP contribution in [0.15, 0.2) is 35.1 Å². The molecular weight excluding hydrogens is 252 g/mol. The number of ether oxygens (including phenoxy) is 1. The van der Waals surface area contributed by atoms with Crippen molar-refractivity contribution in [2.75, 3.05) is 13.7 Å². The zero-order chi connectivity index (χ0) is 14.0. The smallest absolute Gasteiger partial charge is 0.252 e. The van der Waals surface area contributed by atoms with E-state index in [1.807, 2.05) is 30.3 Å². The van der Waals surface area contributed by atoms with E-state index in [-0.39, 0.29) is 11.2 Å². The highest BCUT2D eigenvalue weighted by Crippen LogP contribution is 2.34. The Morgan fingerprint density at radius 3 is 2.85 bits per heavy atom. The average Bonchev–Trinajstić information content (AvgIpc) is 2.42. The Balaban J connectivity index is 1.71. The summed E-state index contributed by atoms with van der Waals surface area (Å²) in [6, 6.07) is 9.79. The fourth-order valence-corrected chi connectivity index (χ4v) is 2.77. The standard InChI is InChI=1S/C16H20N2O2/c1-20-16(7-4-8-16)11-17-10-13-9-12-5-2-3-6-14(12)18-15(13)19/h2-3,5-6,9,17H,4,7-8,10-11H2,1H3,(H,18,19). The van der Waals surface area contributed by atoms with E-state index in [1.54, 1.807) is 7.11 Å². The molecule has 1 heterocycles. The number of fused-ring (bicyclic) bond motifs is 1. The topological polar surface area (TPSA) is 54.1 Å². The number of para-hydroxylation sites is 1. The molecule has 2 aromatic rings. The Labute approximate surface area is 118 Å². The Hall–Kier alpha value is -1.65. The molecule has 3 rings (SSSR count). The molecule has 20 heavy (non-hydrogen) atoms. The van der Waals surface area contributed by atoms with E-state index in [0.29, 0.717) is 6.54 Å². The van der Waals surface area contributed by atoms with Gasteiger partial charge in [0.1, 0.15) is 0 Å². The number of H-pyrrole nitrogens is 1. The summed E-state index contributed by atoms with van der Waals surface area (Å²) in [5.74, 6) is 0. The van der Waals surface area contributed by atoms with Gasteiger partial charge in [-0.2, -0.15) is 0 Å². The minimum Gasteiger partial charge on any atom is -0.377 e. The Bertz CT molecular complexity index is 653. The Kier molecular flexibility index (Phi) is 3.59. The third-order valence-corrected chi connectivity index (χ3v) is 4.29. The van der Waals surface area contributed by atoms with Gasteiger partial charge in [-0.25, -0.2) is 0 Å². The highest BCUT2D eigenvalue weighted by molar-refractivity contribution is 5.78. The second kappa shape index (κ2) is 5.38. The van der Waals surface area contributed by atoms with Crippen molar-refractivity contribution in [2.24, 2.45) is 0 Å². The second-order valence-electron chi connectivity index (χ2n) is 5.56.